The maximum absolute atomic E-state index is 13.3. The third kappa shape index (κ3) is 3.78. The SMILES string of the molecule is CCC(NC(C)c1ccc(F)c(F)c1)C1CCCCC1. The maximum atomic E-state index is 13.3. The molecule has 0 spiro atoms. The van der Waals surface area contributed by atoms with Crippen LogP contribution in [0.15, 0.2) is 18.2 Å². The summed E-state index contributed by atoms with van der Waals surface area (Å²) in [6.07, 6.45) is 7.65. The van der Waals surface area contributed by atoms with E-state index >= 15 is 0 Å². The van der Waals surface area contributed by atoms with Crippen molar-refractivity contribution in [3.8, 4) is 0 Å². The van der Waals surface area contributed by atoms with Gasteiger partial charge in [0, 0.05) is 12.1 Å². The first kappa shape index (κ1) is 15.4. The molecule has 20 heavy (non-hydrogen) atoms. The normalized spacial score (nSPS) is 19.8. The van der Waals surface area contributed by atoms with Crippen LogP contribution in [-0.2, 0) is 0 Å². The van der Waals surface area contributed by atoms with Crippen molar-refractivity contribution in [2.45, 2.75) is 64.5 Å². The van der Waals surface area contributed by atoms with E-state index in [2.05, 4.69) is 12.2 Å². The zero-order valence-electron chi connectivity index (χ0n) is 12.5. The fourth-order valence-electron chi connectivity index (χ4n) is 3.32. The van der Waals surface area contributed by atoms with Crippen LogP contribution in [0.2, 0.25) is 0 Å². The summed E-state index contributed by atoms with van der Waals surface area (Å²) in [7, 11) is 0. The third-order valence-corrected chi connectivity index (χ3v) is 4.57. The number of hydrogen-bond donors (Lipinski definition) is 1. The average molecular weight is 281 g/mol. The molecular weight excluding hydrogens is 256 g/mol. The molecule has 0 aromatic heterocycles. The van der Waals surface area contributed by atoms with E-state index in [0.717, 1.165) is 17.9 Å². The van der Waals surface area contributed by atoms with E-state index in [0.29, 0.717) is 6.04 Å². The second kappa shape index (κ2) is 7.16. The molecule has 0 radical (unpaired) electrons. The third-order valence-electron chi connectivity index (χ3n) is 4.57. The van der Waals surface area contributed by atoms with Crippen LogP contribution in [0.25, 0.3) is 0 Å². The summed E-state index contributed by atoms with van der Waals surface area (Å²) in [5.74, 6) is -0.816. The summed E-state index contributed by atoms with van der Waals surface area (Å²) in [6.45, 7) is 4.22. The highest BCUT2D eigenvalue weighted by molar-refractivity contribution is 5.21. The molecule has 112 valence electrons. The highest BCUT2D eigenvalue weighted by Gasteiger charge is 2.23. The highest BCUT2D eigenvalue weighted by atomic mass is 19.2. The maximum Gasteiger partial charge on any atom is 0.159 e. The lowest BCUT2D eigenvalue weighted by molar-refractivity contribution is 0.249. The predicted molar refractivity (Wildman–Crippen MR) is 78.6 cm³/mol. The van der Waals surface area contributed by atoms with E-state index < -0.39 is 11.6 Å². The van der Waals surface area contributed by atoms with Gasteiger partial charge in [0.15, 0.2) is 11.6 Å². The lowest BCUT2D eigenvalue weighted by Gasteiger charge is -2.32. The van der Waals surface area contributed by atoms with Crippen LogP contribution in [-0.4, -0.2) is 6.04 Å². The van der Waals surface area contributed by atoms with E-state index in [-0.39, 0.29) is 6.04 Å². The molecule has 2 rings (SSSR count). The molecule has 1 saturated carbocycles. The van der Waals surface area contributed by atoms with Gasteiger partial charge in [-0.3, -0.25) is 0 Å². The monoisotopic (exact) mass is 281 g/mol. The van der Waals surface area contributed by atoms with Crippen LogP contribution >= 0.6 is 0 Å². The van der Waals surface area contributed by atoms with Crippen molar-refractivity contribution in [2.24, 2.45) is 5.92 Å². The first-order valence-electron chi connectivity index (χ1n) is 7.82. The standard InChI is InChI=1S/C17H25F2N/c1-3-17(13-7-5-4-6-8-13)20-12(2)14-9-10-15(18)16(19)11-14/h9-13,17,20H,3-8H2,1-2H3. The molecule has 2 unspecified atom stereocenters. The van der Waals surface area contributed by atoms with Gasteiger partial charge in [0.2, 0.25) is 0 Å². The Morgan fingerprint density at radius 1 is 1.15 bits per heavy atom. The summed E-state index contributed by atoms with van der Waals surface area (Å²) in [6, 6.07) is 4.71. The van der Waals surface area contributed by atoms with Crippen molar-refractivity contribution in [1.82, 2.24) is 5.32 Å². The van der Waals surface area contributed by atoms with Crippen LogP contribution in [0.3, 0.4) is 0 Å². The lowest BCUT2D eigenvalue weighted by Crippen LogP contribution is -2.38. The molecule has 1 aliphatic carbocycles. The molecule has 2 atom stereocenters. The lowest BCUT2D eigenvalue weighted by atomic mass is 9.82. The van der Waals surface area contributed by atoms with Crippen molar-refractivity contribution < 1.29 is 8.78 Å². The summed E-state index contributed by atoms with van der Waals surface area (Å²) in [5.41, 5.74) is 0.818. The zero-order valence-corrected chi connectivity index (χ0v) is 12.5. The number of rotatable bonds is 5. The topological polar surface area (TPSA) is 12.0 Å². The Morgan fingerprint density at radius 2 is 1.85 bits per heavy atom. The molecule has 0 amide bonds. The van der Waals surface area contributed by atoms with Crippen LogP contribution < -0.4 is 5.32 Å². The van der Waals surface area contributed by atoms with Gasteiger partial charge in [-0.2, -0.15) is 0 Å². The smallest absolute Gasteiger partial charge is 0.159 e. The molecule has 0 saturated heterocycles. The summed E-state index contributed by atoms with van der Waals surface area (Å²) < 4.78 is 26.3. The van der Waals surface area contributed by atoms with Gasteiger partial charge in [0.1, 0.15) is 0 Å². The van der Waals surface area contributed by atoms with E-state index in [1.165, 1.54) is 44.2 Å². The fourth-order valence-corrected chi connectivity index (χ4v) is 3.32. The van der Waals surface area contributed by atoms with E-state index in [1.807, 2.05) is 6.92 Å². The first-order valence-corrected chi connectivity index (χ1v) is 7.82. The van der Waals surface area contributed by atoms with E-state index in [1.54, 1.807) is 6.07 Å². The van der Waals surface area contributed by atoms with Gasteiger partial charge in [0.05, 0.1) is 0 Å². The van der Waals surface area contributed by atoms with Crippen LogP contribution in [0.5, 0.6) is 0 Å². The van der Waals surface area contributed by atoms with Gasteiger partial charge in [-0.15, -0.1) is 0 Å². The van der Waals surface area contributed by atoms with Gasteiger partial charge >= 0.3 is 0 Å². The van der Waals surface area contributed by atoms with Gasteiger partial charge in [-0.05, 0) is 49.8 Å². The number of nitrogens with one attached hydrogen (secondary N) is 1. The van der Waals surface area contributed by atoms with Crippen LogP contribution in [0, 0.1) is 17.6 Å². The highest BCUT2D eigenvalue weighted by Crippen LogP contribution is 2.29. The quantitative estimate of drug-likeness (QED) is 0.803. The van der Waals surface area contributed by atoms with Gasteiger partial charge in [-0.1, -0.05) is 32.3 Å². The predicted octanol–water partition coefficient (Wildman–Crippen LogP) is 4.97. The number of halogens is 2. The van der Waals surface area contributed by atoms with E-state index in [4.69, 9.17) is 0 Å². The zero-order chi connectivity index (χ0) is 14.5. The largest absolute Gasteiger partial charge is 0.307 e. The molecule has 1 aliphatic rings. The number of benzene rings is 1. The van der Waals surface area contributed by atoms with Crippen LogP contribution in [0.1, 0.15) is 64.0 Å². The van der Waals surface area contributed by atoms with Gasteiger partial charge in [0.25, 0.3) is 0 Å². The molecule has 1 aromatic carbocycles. The molecule has 1 nitrogen and oxygen atoms in total. The summed E-state index contributed by atoms with van der Waals surface area (Å²) in [5, 5.41) is 3.61. The summed E-state index contributed by atoms with van der Waals surface area (Å²) in [4.78, 5) is 0. The van der Waals surface area contributed by atoms with Crippen molar-refractivity contribution >= 4 is 0 Å². The van der Waals surface area contributed by atoms with Crippen molar-refractivity contribution in [3.63, 3.8) is 0 Å². The van der Waals surface area contributed by atoms with Gasteiger partial charge < -0.3 is 5.32 Å². The second-order valence-electron chi connectivity index (χ2n) is 5.97. The molecule has 0 bridgehead atoms. The Labute approximate surface area is 120 Å². The molecular formula is C17H25F2N. The minimum Gasteiger partial charge on any atom is -0.307 e. The molecule has 0 aliphatic heterocycles. The van der Waals surface area contributed by atoms with Crippen molar-refractivity contribution in [2.75, 3.05) is 0 Å². The van der Waals surface area contributed by atoms with Crippen molar-refractivity contribution in [3.05, 3.63) is 35.4 Å². The molecule has 1 N–H and O–H groups in total. The molecule has 0 heterocycles. The minimum atomic E-state index is -0.778. The molecule has 3 heteroatoms. The first-order chi connectivity index (χ1) is 9.61. The Morgan fingerprint density at radius 3 is 2.45 bits per heavy atom. The Hall–Kier alpha value is -0.960. The fraction of sp³-hybridized carbons (Fsp3) is 0.647. The minimum absolute atomic E-state index is 0.0528. The molecule has 1 aromatic rings. The Bertz CT molecular complexity index is 427. The van der Waals surface area contributed by atoms with Gasteiger partial charge in [-0.25, -0.2) is 8.78 Å². The van der Waals surface area contributed by atoms with Crippen LogP contribution in [0.4, 0.5) is 8.78 Å². The average Bonchev–Trinajstić information content (AvgIpc) is 2.48. The second-order valence-corrected chi connectivity index (χ2v) is 5.97. The Balaban J connectivity index is 2.00. The molecule has 1 fully saturated rings. The summed E-state index contributed by atoms with van der Waals surface area (Å²) >= 11 is 0. The number of hydrogen-bond acceptors (Lipinski definition) is 1. The van der Waals surface area contributed by atoms with E-state index in [9.17, 15) is 8.78 Å². The Kier molecular flexibility index (Phi) is 5.53. The van der Waals surface area contributed by atoms with Crippen molar-refractivity contribution in [1.29, 1.82) is 0 Å².